The van der Waals surface area contributed by atoms with Crippen molar-refractivity contribution in [3.8, 4) is 5.75 Å². The molecular weight excluding hydrogens is 260 g/mol. The van der Waals surface area contributed by atoms with E-state index in [-0.39, 0.29) is 6.42 Å². The van der Waals surface area contributed by atoms with Crippen molar-refractivity contribution < 1.29 is 19.4 Å². The molecule has 1 heterocycles. The van der Waals surface area contributed by atoms with Gasteiger partial charge >= 0.3 is 5.97 Å². The molecule has 106 valence electrons. The van der Waals surface area contributed by atoms with E-state index in [4.69, 9.17) is 9.84 Å². The lowest BCUT2D eigenvalue weighted by molar-refractivity contribution is -0.140. The summed E-state index contributed by atoms with van der Waals surface area (Å²) in [6, 6.07) is 4.69. The average Bonchev–Trinajstić information content (AvgIpc) is 2.74. The van der Waals surface area contributed by atoms with E-state index in [1.54, 1.807) is 7.11 Å². The summed E-state index contributed by atoms with van der Waals surface area (Å²) in [4.78, 5) is 21.6. The van der Waals surface area contributed by atoms with E-state index in [1.807, 2.05) is 36.0 Å². The monoisotopic (exact) mass is 276 g/mol. The summed E-state index contributed by atoms with van der Waals surface area (Å²) in [7, 11) is 3.47. The Labute approximate surface area is 116 Å². The van der Waals surface area contributed by atoms with Gasteiger partial charge in [0.2, 0.25) is 6.41 Å². The Morgan fingerprint density at radius 2 is 2.30 bits per heavy atom. The van der Waals surface area contributed by atoms with Crippen molar-refractivity contribution >= 4 is 23.3 Å². The van der Waals surface area contributed by atoms with Crippen LogP contribution in [0.5, 0.6) is 5.75 Å². The Hall–Kier alpha value is -2.50. The highest BCUT2D eigenvalue weighted by Gasteiger charge is 2.19. The number of aliphatic carboxylic acids is 1. The van der Waals surface area contributed by atoms with E-state index in [2.05, 4.69) is 5.32 Å². The van der Waals surface area contributed by atoms with E-state index in [0.717, 1.165) is 16.5 Å². The Morgan fingerprint density at radius 1 is 1.55 bits per heavy atom. The molecule has 0 radical (unpaired) electrons. The second-order valence-corrected chi connectivity index (χ2v) is 4.53. The Morgan fingerprint density at radius 3 is 2.90 bits per heavy atom. The number of aryl methyl sites for hydroxylation is 1. The van der Waals surface area contributed by atoms with Gasteiger partial charge < -0.3 is 19.7 Å². The molecular formula is C14H16N2O4. The number of benzene rings is 1. The van der Waals surface area contributed by atoms with Crippen LogP contribution in [0.15, 0.2) is 24.4 Å². The van der Waals surface area contributed by atoms with Crippen molar-refractivity contribution in [3.63, 3.8) is 0 Å². The van der Waals surface area contributed by atoms with Crippen LogP contribution in [0.3, 0.4) is 0 Å². The molecule has 0 aliphatic carbocycles. The fourth-order valence-corrected chi connectivity index (χ4v) is 2.26. The van der Waals surface area contributed by atoms with Gasteiger partial charge in [-0.2, -0.15) is 0 Å². The van der Waals surface area contributed by atoms with E-state index in [1.165, 1.54) is 0 Å². The zero-order valence-electron chi connectivity index (χ0n) is 11.3. The van der Waals surface area contributed by atoms with E-state index in [9.17, 15) is 9.59 Å². The predicted octanol–water partition coefficient (Wildman–Crippen LogP) is 0.929. The first-order valence-corrected chi connectivity index (χ1v) is 6.11. The van der Waals surface area contributed by atoms with Gasteiger partial charge in [-0.05, 0) is 23.8 Å². The number of rotatable bonds is 6. The van der Waals surface area contributed by atoms with Crippen LogP contribution in [0, 0.1) is 0 Å². The standard InChI is InChI=1S/C14H16N2O4/c1-16-7-9(5-12(14(18)19)15-8-17)11-6-10(20-2)3-4-13(11)16/h3-4,6-8,12H,5H2,1-2H3,(H,15,17)(H,18,19)/t12-/m0/s1. The molecule has 0 aliphatic rings. The zero-order valence-corrected chi connectivity index (χ0v) is 11.3. The highest BCUT2D eigenvalue weighted by Crippen LogP contribution is 2.26. The summed E-state index contributed by atoms with van der Waals surface area (Å²) >= 11 is 0. The number of carboxylic acids is 1. The van der Waals surface area contributed by atoms with Crippen molar-refractivity contribution in [2.24, 2.45) is 7.05 Å². The summed E-state index contributed by atoms with van der Waals surface area (Å²) < 4.78 is 7.11. The van der Waals surface area contributed by atoms with Crippen LogP contribution >= 0.6 is 0 Å². The predicted molar refractivity (Wildman–Crippen MR) is 73.8 cm³/mol. The molecule has 1 aromatic carbocycles. The van der Waals surface area contributed by atoms with Crippen LogP contribution in [0.2, 0.25) is 0 Å². The molecule has 20 heavy (non-hydrogen) atoms. The molecule has 0 unspecified atom stereocenters. The van der Waals surface area contributed by atoms with Gasteiger partial charge in [0.05, 0.1) is 7.11 Å². The third-order valence-electron chi connectivity index (χ3n) is 3.27. The molecule has 0 saturated heterocycles. The molecule has 1 aromatic heterocycles. The maximum absolute atomic E-state index is 11.1. The van der Waals surface area contributed by atoms with Crippen molar-refractivity contribution in [1.29, 1.82) is 0 Å². The number of hydrogen-bond acceptors (Lipinski definition) is 3. The summed E-state index contributed by atoms with van der Waals surface area (Å²) in [5.74, 6) is -0.350. The largest absolute Gasteiger partial charge is 0.497 e. The summed E-state index contributed by atoms with van der Waals surface area (Å²) in [5, 5.41) is 12.3. The maximum atomic E-state index is 11.1. The van der Waals surface area contributed by atoms with E-state index in [0.29, 0.717) is 12.2 Å². The number of aromatic nitrogens is 1. The second kappa shape index (κ2) is 5.64. The molecule has 2 N–H and O–H groups in total. The molecule has 0 spiro atoms. The van der Waals surface area contributed by atoms with E-state index >= 15 is 0 Å². The fourth-order valence-electron chi connectivity index (χ4n) is 2.26. The highest BCUT2D eigenvalue weighted by molar-refractivity contribution is 5.86. The minimum Gasteiger partial charge on any atom is -0.497 e. The van der Waals surface area contributed by atoms with Crippen LogP contribution < -0.4 is 10.1 Å². The topological polar surface area (TPSA) is 80.6 Å². The number of amides is 1. The highest BCUT2D eigenvalue weighted by atomic mass is 16.5. The van der Waals surface area contributed by atoms with Gasteiger partial charge in [-0.3, -0.25) is 4.79 Å². The number of nitrogens with one attached hydrogen (secondary N) is 1. The maximum Gasteiger partial charge on any atom is 0.326 e. The van der Waals surface area contributed by atoms with Gasteiger partial charge in [-0.25, -0.2) is 4.79 Å². The van der Waals surface area contributed by atoms with Crippen LogP contribution in [0.4, 0.5) is 0 Å². The van der Waals surface area contributed by atoms with Gasteiger partial charge in [0.1, 0.15) is 11.8 Å². The first kappa shape index (κ1) is 13.9. The summed E-state index contributed by atoms with van der Waals surface area (Å²) in [6.07, 6.45) is 2.50. The number of nitrogens with zero attached hydrogens (tertiary/aromatic N) is 1. The Bertz CT molecular complexity index is 648. The number of hydrogen-bond donors (Lipinski definition) is 2. The third-order valence-corrected chi connectivity index (χ3v) is 3.27. The second-order valence-electron chi connectivity index (χ2n) is 4.53. The first-order chi connectivity index (χ1) is 9.56. The molecule has 6 nitrogen and oxygen atoms in total. The normalized spacial score (nSPS) is 12.1. The molecule has 1 amide bonds. The smallest absolute Gasteiger partial charge is 0.326 e. The number of carbonyl (C=O) groups is 2. The van der Waals surface area contributed by atoms with Crippen molar-refractivity contribution in [2.45, 2.75) is 12.5 Å². The lowest BCUT2D eigenvalue weighted by Gasteiger charge is -2.10. The minimum atomic E-state index is -1.06. The molecule has 0 fully saturated rings. The average molecular weight is 276 g/mol. The van der Waals surface area contributed by atoms with Gasteiger partial charge in [0, 0.05) is 30.6 Å². The lowest BCUT2D eigenvalue weighted by Crippen LogP contribution is -2.37. The number of methoxy groups -OCH3 is 1. The van der Waals surface area contributed by atoms with Crippen LogP contribution in [0.25, 0.3) is 10.9 Å². The minimum absolute atomic E-state index is 0.221. The van der Waals surface area contributed by atoms with E-state index < -0.39 is 12.0 Å². The third kappa shape index (κ3) is 2.59. The molecule has 0 aliphatic heterocycles. The fraction of sp³-hybridized carbons (Fsp3) is 0.286. The number of fused-ring (bicyclic) bond motifs is 1. The van der Waals surface area contributed by atoms with Gasteiger partial charge in [-0.1, -0.05) is 0 Å². The van der Waals surface area contributed by atoms with Crippen LogP contribution in [-0.2, 0) is 23.1 Å². The molecule has 1 atom stereocenters. The molecule has 2 aromatic rings. The number of carbonyl (C=O) groups excluding carboxylic acids is 1. The van der Waals surface area contributed by atoms with Gasteiger partial charge in [0.15, 0.2) is 0 Å². The molecule has 0 saturated carbocycles. The van der Waals surface area contributed by atoms with Crippen LogP contribution in [0.1, 0.15) is 5.56 Å². The quantitative estimate of drug-likeness (QED) is 0.769. The number of ether oxygens (including phenoxy) is 1. The molecule has 6 heteroatoms. The van der Waals surface area contributed by atoms with Crippen molar-refractivity contribution in [2.75, 3.05) is 7.11 Å². The summed E-state index contributed by atoms with van der Waals surface area (Å²) in [6.45, 7) is 0. The van der Waals surface area contributed by atoms with Gasteiger partial charge in [0.25, 0.3) is 0 Å². The molecule has 2 rings (SSSR count). The Kier molecular flexibility index (Phi) is 3.93. The van der Waals surface area contributed by atoms with Gasteiger partial charge in [-0.15, -0.1) is 0 Å². The first-order valence-electron chi connectivity index (χ1n) is 6.11. The molecule has 0 bridgehead atoms. The Balaban J connectivity index is 2.42. The SMILES string of the molecule is COc1ccc2c(c1)c(C[C@H](NC=O)C(=O)O)cn2C. The van der Waals surface area contributed by atoms with Crippen molar-refractivity contribution in [3.05, 3.63) is 30.0 Å². The van der Waals surface area contributed by atoms with Crippen molar-refractivity contribution in [1.82, 2.24) is 9.88 Å². The summed E-state index contributed by atoms with van der Waals surface area (Å²) in [5.41, 5.74) is 1.83. The van der Waals surface area contributed by atoms with Crippen LogP contribution in [-0.4, -0.2) is 35.2 Å². The number of carboxylic acid groups (broad SMARTS) is 1. The zero-order chi connectivity index (χ0) is 14.7. The lowest BCUT2D eigenvalue weighted by atomic mass is 10.1.